The largest absolute Gasteiger partial charge is 0.494 e. The van der Waals surface area contributed by atoms with Crippen LogP contribution in [0.3, 0.4) is 0 Å². The maximum atomic E-state index is 12.6. The van der Waals surface area contributed by atoms with Gasteiger partial charge in [0, 0.05) is 11.8 Å². The lowest BCUT2D eigenvalue weighted by atomic mass is 10.0. The Hall–Kier alpha value is -2.82. The Kier molecular flexibility index (Phi) is 6.34. The molecule has 1 aromatic heterocycles. The molecule has 0 saturated heterocycles. The molecule has 0 amide bonds. The van der Waals surface area contributed by atoms with Crippen LogP contribution in [0.15, 0.2) is 66.9 Å². The Balaban J connectivity index is 1.67. The minimum atomic E-state index is -4.42. The number of rotatable bonds is 7. The second-order valence-electron chi connectivity index (χ2n) is 6.59. The fourth-order valence-electron chi connectivity index (χ4n) is 2.87. The lowest BCUT2D eigenvalue weighted by molar-refractivity contribution is -0.141. The topological polar surface area (TPSA) is 22.1 Å². The zero-order chi connectivity index (χ0) is 20.0. The van der Waals surface area contributed by atoms with Gasteiger partial charge in [-0.25, -0.2) is 0 Å². The number of benzene rings is 2. The summed E-state index contributed by atoms with van der Waals surface area (Å²) in [5, 5.41) is 0. The Morgan fingerprint density at radius 1 is 0.750 bits per heavy atom. The molecule has 0 fully saturated rings. The minimum Gasteiger partial charge on any atom is -0.494 e. The van der Waals surface area contributed by atoms with Gasteiger partial charge in [0.05, 0.1) is 6.61 Å². The van der Waals surface area contributed by atoms with Gasteiger partial charge < -0.3 is 4.74 Å². The second kappa shape index (κ2) is 8.91. The minimum absolute atomic E-state index is 0.648. The monoisotopic (exact) mass is 385 g/mol. The molecule has 0 radical (unpaired) electrons. The summed E-state index contributed by atoms with van der Waals surface area (Å²) in [4.78, 5) is 3.51. The van der Waals surface area contributed by atoms with E-state index in [0.717, 1.165) is 41.5 Å². The first-order valence-electron chi connectivity index (χ1n) is 9.34. The molecule has 0 N–H and O–H groups in total. The Morgan fingerprint density at radius 2 is 1.29 bits per heavy atom. The van der Waals surface area contributed by atoms with Crippen LogP contribution < -0.4 is 4.74 Å². The van der Waals surface area contributed by atoms with Crippen molar-refractivity contribution in [1.82, 2.24) is 4.98 Å². The van der Waals surface area contributed by atoms with E-state index < -0.39 is 11.9 Å². The molecule has 0 spiro atoms. The maximum absolute atomic E-state index is 12.6. The molecule has 0 bridgehead atoms. The van der Waals surface area contributed by atoms with Crippen molar-refractivity contribution in [1.29, 1.82) is 0 Å². The van der Waals surface area contributed by atoms with E-state index in [1.165, 1.54) is 25.1 Å². The van der Waals surface area contributed by atoms with Crippen LogP contribution in [0.2, 0.25) is 0 Å². The van der Waals surface area contributed by atoms with Crippen molar-refractivity contribution in [3.8, 4) is 28.0 Å². The Bertz CT molecular complexity index is 870. The van der Waals surface area contributed by atoms with Gasteiger partial charge in [0.15, 0.2) is 0 Å². The molecule has 2 aromatic carbocycles. The van der Waals surface area contributed by atoms with Crippen molar-refractivity contribution in [2.45, 2.75) is 32.4 Å². The normalized spacial score (nSPS) is 11.4. The fourth-order valence-corrected chi connectivity index (χ4v) is 2.87. The van der Waals surface area contributed by atoms with E-state index in [1.54, 1.807) is 0 Å². The predicted octanol–water partition coefficient (Wildman–Crippen LogP) is 7.00. The summed E-state index contributed by atoms with van der Waals surface area (Å²) < 4.78 is 43.6. The van der Waals surface area contributed by atoms with Crippen molar-refractivity contribution in [3.63, 3.8) is 0 Å². The molecule has 146 valence electrons. The summed E-state index contributed by atoms with van der Waals surface area (Å²) in [6.45, 7) is 2.89. The summed E-state index contributed by atoms with van der Waals surface area (Å²) in [5.41, 5.74) is 2.67. The quantitative estimate of drug-likeness (QED) is 0.408. The number of hydrogen-bond donors (Lipinski definition) is 0. The van der Waals surface area contributed by atoms with E-state index in [9.17, 15) is 13.2 Å². The van der Waals surface area contributed by atoms with Crippen LogP contribution in [-0.2, 0) is 6.18 Å². The molecular formula is C23H22F3NO. The molecule has 0 aliphatic heterocycles. The molecule has 0 unspecified atom stereocenters. The van der Waals surface area contributed by atoms with Crippen molar-refractivity contribution < 1.29 is 17.9 Å². The van der Waals surface area contributed by atoms with Gasteiger partial charge in [0.1, 0.15) is 11.4 Å². The van der Waals surface area contributed by atoms with Crippen LogP contribution in [0.5, 0.6) is 5.75 Å². The van der Waals surface area contributed by atoms with Crippen molar-refractivity contribution in [3.05, 3.63) is 72.6 Å². The average Bonchev–Trinajstić information content (AvgIpc) is 2.71. The summed E-state index contributed by atoms with van der Waals surface area (Å²) in [6.07, 6.45) is 0.217. The molecule has 3 rings (SSSR count). The summed E-state index contributed by atoms with van der Waals surface area (Å²) in [6, 6.07) is 18.0. The van der Waals surface area contributed by atoms with E-state index in [1.807, 2.05) is 48.5 Å². The third-order valence-electron chi connectivity index (χ3n) is 4.48. The maximum Gasteiger partial charge on any atom is 0.433 e. The van der Waals surface area contributed by atoms with E-state index >= 15 is 0 Å². The standard InChI is InChI=1S/C23H22F3NO/c1-2-3-4-15-28-21-12-9-18(10-13-21)17-5-7-19(8-6-17)20-11-14-22(27-16-20)23(24,25)26/h5-14,16H,2-4,15H2,1H3. The highest BCUT2D eigenvalue weighted by Gasteiger charge is 2.32. The molecule has 0 aliphatic rings. The SMILES string of the molecule is CCCCCOc1ccc(-c2ccc(-c3ccc(C(F)(F)F)nc3)cc2)cc1. The van der Waals surface area contributed by atoms with Crippen LogP contribution in [0.1, 0.15) is 31.9 Å². The second-order valence-corrected chi connectivity index (χ2v) is 6.59. The van der Waals surface area contributed by atoms with Gasteiger partial charge in [-0.05, 0) is 41.3 Å². The van der Waals surface area contributed by atoms with Crippen LogP contribution in [0, 0.1) is 0 Å². The molecular weight excluding hydrogens is 363 g/mol. The number of hydrogen-bond acceptors (Lipinski definition) is 2. The zero-order valence-electron chi connectivity index (χ0n) is 15.7. The molecule has 28 heavy (non-hydrogen) atoms. The third kappa shape index (κ3) is 5.12. The van der Waals surface area contributed by atoms with Crippen molar-refractivity contribution >= 4 is 0 Å². The highest BCUT2D eigenvalue weighted by atomic mass is 19.4. The lowest BCUT2D eigenvalue weighted by Gasteiger charge is -2.09. The van der Waals surface area contributed by atoms with E-state index in [-0.39, 0.29) is 0 Å². The van der Waals surface area contributed by atoms with E-state index in [2.05, 4.69) is 11.9 Å². The van der Waals surface area contributed by atoms with Gasteiger partial charge in [0.25, 0.3) is 0 Å². The van der Waals surface area contributed by atoms with Crippen LogP contribution in [-0.4, -0.2) is 11.6 Å². The summed E-state index contributed by atoms with van der Waals surface area (Å²) in [7, 11) is 0. The van der Waals surface area contributed by atoms with Crippen molar-refractivity contribution in [2.75, 3.05) is 6.61 Å². The Morgan fingerprint density at radius 3 is 1.79 bits per heavy atom. The first-order chi connectivity index (χ1) is 13.5. The number of unbranched alkanes of at least 4 members (excludes halogenated alkanes) is 2. The molecule has 3 aromatic rings. The summed E-state index contributed by atoms with van der Waals surface area (Å²) >= 11 is 0. The highest BCUT2D eigenvalue weighted by molar-refractivity contribution is 5.70. The van der Waals surface area contributed by atoms with Gasteiger partial charge in [-0.1, -0.05) is 62.2 Å². The van der Waals surface area contributed by atoms with Gasteiger partial charge in [-0.2, -0.15) is 13.2 Å². The highest BCUT2D eigenvalue weighted by Crippen LogP contribution is 2.30. The molecule has 5 heteroatoms. The molecule has 0 aliphatic carbocycles. The number of aromatic nitrogens is 1. The average molecular weight is 385 g/mol. The van der Waals surface area contributed by atoms with Crippen molar-refractivity contribution in [2.24, 2.45) is 0 Å². The van der Waals surface area contributed by atoms with Gasteiger partial charge in [-0.3, -0.25) is 4.98 Å². The number of nitrogens with zero attached hydrogens (tertiary/aromatic N) is 1. The fraction of sp³-hybridized carbons (Fsp3) is 0.261. The Labute approximate surface area is 163 Å². The van der Waals surface area contributed by atoms with Crippen LogP contribution >= 0.6 is 0 Å². The summed E-state index contributed by atoms with van der Waals surface area (Å²) in [5.74, 6) is 0.854. The number of pyridine rings is 1. The third-order valence-corrected chi connectivity index (χ3v) is 4.48. The smallest absolute Gasteiger partial charge is 0.433 e. The zero-order valence-corrected chi connectivity index (χ0v) is 15.7. The first-order valence-corrected chi connectivity index (χ1v) is 9.34. The molecule has 2 nitrogen and oxygen atoms in total. The molecule has 1 heterocycles. The molecule has 0 saturated carbocycles. The van der Waals surface area contributed by atoms with Gasteiger partial charge >= 0.3 is 6.18 Å². The molecule has 0 atom stereocenters. The van der Waals surface area contributed by atoms with Gasteiger partial charge in [-0.15, -0.1) is 0 Å². The van der Waals surface area contributed by atoms with Gasteiger partial charge in [0.2, 0.25) is 0 Å². The number of halogens is 3. The lowest BCUT2D eigenvalue weighted by Crippen LogP contribution is -2.07. The number of alkyl halides is 3. The van der Waals surface area contributed by atoms with Crippen LogP contribution in [0.25, 0.3) is 22.3 Å². The van der Waals surface area contributed by atoms with E-state index in [0.29, 0.717) is 5.56 Å². The van der Waals surface area contributed by atoms with Crippen LogP contribution in [0.4, 0.5) is 13.2 Å². The predicted molar refractivity (Wildman–Crippen MR) is 105 cm³/mol. The number of ether oxygens (including phenoxy) is 1. The van der Waals surface area contributed by atoms with E-state index in [4.69, 9.17) is 4.74 Å². The first kappa shape index (κ1) is 19.9.